The van der Waals surface area contributed by atoms with E-state index in [0.29, 0.717) is 11.3 Å². The van der Waals surface area contributed by atoms with Crippen LogP contribution in [-0.2, 0) is 4.74 Å². The van der Waals surface area contributed by atoms with Gasteiger partial charge in [0, 0.05) is 0 Å². The third kappa shape index (κ3) is 2.34. The number of halogens is 1. The molecule has 0 radical (unpaired) electrons. The SMILES string of the molecule is CCOC(=O)c1c(-c2ccc(F)cc2)[nH]c(N)c1C#N. The van der Waals surface area contributed by atoms with Gasteiger partial charge in [-0.15, -0.1) is 0 Å². The zero-order valence-corrected chi connectivity index (χ0v) is 10.7. The van der Waals surface area contributed by atoms with E-state index in [9.17, 15) is 9.18 Å². The van der Waals surface area contributed by atoms with Gasteiger partial charge in [-0.25, -0.2) is 9.18 Å². The number of hydrogen-bond donors (Lipinski definition) is 2. The van der Waals surface area contributed by atoms with Crippen LogP contribution in [0.2, 0.25) is 0 Å². The Morgan fingerprint density at radius 1 is 1.45 bits per heavy atom. The van der Waals surface area contributed by atoms with Crippen LogP contribution < -0.4 is 5.73 Å². The van der Waals surface area contributed by atoms with Gasteiger partial charge in [-0.2, -0.15) is 5.26 Å². The number of benzene rings is 1. The van der Waals surface area contributed by atoms with Crippen LogP contribution in [-0.4, -0.2) is 17.6 Å². The van der Waals surface area contributed by atoms with Crippen molar-refractivity contribution in [1.29, 1.82) is 5.26 Å². The first-order chi connectivity index (χ1) is 9.58. The van der Waals surface area contributed by atoms with Gasteiger partial charge in [-0.3, -0.25) is 0 Å². The number of nitrogen functional groups attached to an aromatic ring is 1. The van der Waals surface area contributed by atoms with Crippen molar-refractivity contribution in [2.24, 2.45) is 0 Å². The summed E-state index contributed by atoms with van der Waals surface area (Å²) in [7, 11) is 0. The van der Waals surface area contributed by atoms with Crippen molar-refractivity contribution in [2.75, 3.05) is 12.3 Å². The molecule has 0 aliphatic rings. The number of carbonyl (C=O) groups is 1. The molecule has 1 aromatic carbocycles. The molecule has 20 heavy (non-hydrogen) atoms. The molecular weight excluding hydrogens is 261 g/mol. The van der Waals surface area contributed by atoms with E-state index in [4.69, 9.17) is 15.7 Å². The average molecular weight is 273 g/mol. The number of aromatic amines is 1. The van der Waals surface area contributed by atoms with Crippen LogP contribution in [0.1, 0.15) is 22.8 Å². The largest absolute Gasteiger partial charge is 0.462 e. The van der Waals surface area contributed by atoms with Crippen LogP contribution >= 0.6 is 0 Å². The highest BCUT2D eigenvalue weighted by molar-refractivity contribution is 6.01. The Hall–Kier alpha value is -2.81. The second-order valence-corrected chi connectivity index (χ2v) is 4.00. The Kier molecular flexibility index (Phi) is 3.71. The van der Waals surface area contributed by atoms with Crippen molar-refractivity contribution in [3.63, 3.8) is 0 Å². The quantitative estimate of drug-likeness (QED) is 0.840. The molecule has 0 saturated carbocycles. The molecule has 0 atom stereocenters. The predicted molar refractivity (Wildman–Crippen MR) is 71.3 cm³/mol. The highest BCUT2D eigenvalue weighted by atomic mass is 19.1. The Balaban J connectivity index is 2.61. The number of aromatic nitrogens is 1. The van der Waals surface area contributed by atoms with E-state index in [2.05, 4.69) is 4.98 Å². The molecule has 0 aliphatic carbocycles. The number of esters is 1. The number of rotatable bonds is 3. The highest BCUT2D eigenvalue weighted by Crippen LogP contribution is 2.30. The lowest BCUT2D eigenvalue weighted by molar-refractivity contribution is 0.0527. The van der Waals surface area contributed by atoms with Gasteiger partial charge < -0.3 is 15.5 Å². The summed E-state index contributed by atoms with van der Waals surface area (Å²) in [5, 5.41) is 9.10. The van der Waals surface area contributed by atoms with Crippen LogP contribution in [0.3, 0.4) is 0 Å². The molecule has 0 bridgehead atoms. The normalized spacial score (nSPS) is 10.1. The van der Waals surface area contributed by atoms with E-state index in [0.717, 1.165) is 0 Å². The maximum atomic E-state index is 13.0. The van der Waals surface area contributed by atoms with Crippen LogP contribution in [0.15, 0.2) is 24.3 Å². The predicted octanol–water partition coefficient (Wildman–Crippen LogP) is 2.45. The minimum atomic E-state index is -0.642. The molecule has 0 amide bonds. The topological polar surface area (TPSA) is 91.9 Å². The first-order valence-corrected chi connectivity index (χ1v) is 5.93. The number of carbonyl (C=O) groups excluding carboxylic acids is 1. The molecule has 2 rings (SSSR count). The summed E-state index contributed by atoms with van der Waals surface area (Å²) in [5.41, 5.74) is 6.68. The fourth-order valence-electron chi connectivity index (χ4n) is 1.88. The van der Waals surface area contributed by atoms with Crippen molar-refractivity contribution < 1.29 is 13.9 Å². The number of hydrogen-bond acceptors (Lipinski definition) is 4. The highest BCUT2D eigenvalue weighted by Gasteiger charge is 2.24. The summed E-state index contributed by atoms with van der Waals surface area (Å²) in [4.78, 5) is 14.7. The molecule has 0 spiro atoms. The van der Waals surface area contributed by atoms with Crippen molar-refractivity contribution in [2.45, 2.75) is 6.92 Å². The first kappa shape index (κ1) is 13.6. The fraction of sp³-hybridized carbons (Fsp3) is 0.143. The van der Waals surface area contributed by atoms with E-state index < -0.39 is 11.8 Å². The minimum absolute atomic E-state index is 0.0303. The molecule has 102 valence electrons. The maximum absolute atomic E-state index is 13.0. The smallest absolute Gasteiger partial charge is 0.341 e. The maximum Gasteiger partial charge on any atom is 0.341 e. The molecule has 2 aromatic rings. The van der Waals surface area contributed by atoms with Crippen LogP contribution in [0.5, 0.6) is 0 Å². The molecule has 0 fully saturated rings. The lowest BCUT2D eigenvalue weighted by atomic mass is 10.1. The van der Waals surface area contributed by atoms with Crippen molar-refractivity contribution in [3.8, 4) is 17.3 Å². The monoisotopic (exact) mass is 273 g/mol. The van der Waals surface area contributed by atoms with Crippen molar-refractivity contribution >= 4 is 11.8 Å². The number of anilines is 1. The van der Waals surface area contributed by atoms with E-state index in [1.165, 1.54) is 24.3 Å². The molecule has 0 unspecified atom stereocenters. The Morgan fingerprint density at radius 2 is 2.10 bits per heavy atom. The minimum Gasteiger partial charge on any atom is -0.462 e. The van der Waals surface area contributed by atoms with Crippen LogP contribution in [0.4, 0.5) is 10.2 Å². The zero-order valence-electron chi connectivity index (χ0n) is 10.7. The molecule has 1 heterocycles. The standard InChI is InChI=1S/C14H12FN3O2/c1-2-20-14(19)11-10(7-16)13(17)18-12(11)8-3-5-9(15)6-4-8/h3-6,18H,2,17H2,1H3. The Labute approximate surface area is 114 Å². The molecular formula is C14H12FN3O2. The van der Waals surface area contributed by atoms with Gasteiger partial charge in [0.1, 0.15) is 28.8 Å². The molecule has 0 saturated heterocycles. The van der Waals surface area contributed by atoms with Crippen LogP contribution in [0.25, 0.3) is 11.3 Å². The summed E-state index contributed by atoms with van der Waals surface area (Å²) >= 11 is 0. The zero-order chi connectivity index (χ0) is 14.7. The first-order valence-electron chi connectivity index (χ1n) is 5.93. The molecule has 1 aromatic heterocycles. The summed E-state index contributed by atoms with van der Waals surface area (Å²) in [6, 6.07) is 7.37. The number of nitrogens with two attached hydrogens (primary N) is 1. The van der Waals surface area contributed by atoms with Gasteiger partial charge in [0.05, 0.1) is 12.3 Å². The van der Waals surface area contributed by atoms with E-state index in [-0.39, 0.29) is 23.6 Å². The van der Waals surface area contributed by atoms with Gasteiger partial charge in [-0.1, -0.05) is 0 Å². The number of nitrogens with one attached hydrogen (secondary N) is 1. The number of nitriles is 1. The summed E-state index contributed by atoms with van der Waals surface area (Å²) < 4.78 is 17.9. The second kappa shape index (κ2) is 5.45. The van der Waals surface area contributed by atoms with E-state index >= 15 is 0 Å². The third-order valence-electron chi connectivity index (χ3n) is 2.75. The molecule has 3 N–H and O–H groups in total. The molecule has 5 nitrogen and oxygen atoms in total. The van der Waals surface area contributed by atoms with Gasteiger partial charge in [0.2, 0.25) is 0 Å². The lowest BCUT2D eigenvalue weighted by Gasteiger charge is -2.04. The van der Waals surface area contributed by atoms with Gasteiger partial charge in [0.25, 0.3) is 0 Å². The number of H-pyrrole nitrogens is 1. The van der Waals surface area contributed by atoms with E-state index in [1.54, 1.807) is 6.92 Å². The lowest BCUT2D eigenvalue weighted by Crippen LogP contribution is -2.07. The number of nitrogens with zero attached hydrogens (tertiary/aromatic N) is 1. The van der Waals surface area contributed by atoms with Crippen molar-refractivity contribution in [3.05, 3.63) is 41.2 Å². The summed E-state index contributed by atoms with van der Waals surface area (Å²) in [5.74, 6) is -0.960. The van der Waals surface area contributed by atoms with E-state index in [1.807, 2.05) is 6.07 Å². The van der Waals surface area contributed by atoms with Gasteiger partial charge >= 0.3 is 5.97 Å². The van der Waals surface area contributed by atoms with Crippen molar-refractivity contribution in [1.82, 2.24) is 4.98 Å². The second-order valence-electron chi connectivity index (χ2n) is 4.00. The fourth-order valence-corrected chi connectivity index (χ4v) is 1.88. The average Bonchev–Trinajstić information content (AvgIpc) is 2.76. The Morgan fingerprint density at radius 3 is 2.65 bits per heavy atom. The molecule has 0 aliphatic heterocycles. The molecule has 6 heteroatoms. The van der Waals surface area contributed by atoms with Gasteiger partial charge in [0.15, 0.2) is 0 Å². The van der Waals surface area contributed by atoms with Gasteiger partial charge in [-0.05, 0) is 36.8 Å². The van der Waals surface area contributed by atoms with Crippen LogP contribution in [0, 0.1) is 17.1 Å². The third-order valence-corrected chi connectivity index (χ3v) is 2.75. The number of ether oxygens (including phenoxy) is 1. The Bertz CT molecular complexity index is 684. The summed E-state index contributed by atoms with van der Waals surface area (Å²) in [6.45, 7) is 1.84. The summed E-state index contributed by atoms with van der Waals surface area (Å²) in [6.07, 6.45) is 0.